The SMILES string of the molecule is CC(=O)NC12CC3CC(C1)CC(C(C)(C)N)(C3)C2. The second-order valence-corrected chi connectivity index (χ2v) is 7.92. The van der Waals surface area contributed by atoms with E-state index in [1.54, 1.807) is 6.92 Å². The van der Waals surface area contributed by atoms with Crippen LogP contribution in [-0.4, -0.2) is 17.0 Å². The van der Waals surface area contributed by atoms with E-state index in [9.17, 15) is 4.79 Å². The van der Waals surface area contributed by atoms with E-state index in [1.165, 1.54) is 32.1 Å². The lowest BCUT2D eigenvalue weighted by Crippen LogP contribution is -2.68. The molecule has 2 atom stereocenters. The van der Waals surface area contributed by atoms with Gasteiger partial charge in [0.2, 0.25) is 5.91 Å². The third-order valence-electron chi connectivity index (χ3n) is 5.87. The molecule has 0 heterocycles. The molecule has 4 bridgehead atoms. The van der Waals surface area contributed by atoms with Crippen LogP contribution in [0.25, 0.3) is 0 Å². The molecule has 1 amide bonds. The van der Waals surface area contributed by atoms with Crippen molar-refractivity contribution in [3.05, 3.63) is 0 Å². The number of carbonyl (C=O) groups excluding carboxylic acids is 1. The van der Waals surface area contributed by atoms with Crippen molar-refractivity contribution in [1.29, 1.82) is 0 Å². The number of nitrogens with two attached hydrogens (primary N) is 1. The highest BCUT2D eigenvalue weighted by Gasteiger charge is 2.61. The lowest BCUT2D eigenvalue weighted by molar-refractivity contribution is -0.135. The Labute approximate surface area is 110 Å². The van der Waals surface area contributed by atoms with Crippen LogP contribution in [0, 0.1) is 17.3 Å². The first-order valence-electron chi connectivity index (χ1n) is 7.31. The Morgan fingerprint density at radius 2 is 1.78 bits per heavy atom. The summed E-state index contributed by atoms with van der Waals surface area (Å²) in [7, 11) is 0. The predicted molar refractivity (Wildman–Crippen MR) is 71.9 cm³/mol. The van der Waals surface area contributed by atoms with Gasteiger partial charge in [0.25, 0.3) is 0 Å². The molecule has 0 spiro atoms. The molecule has 4 aliphatic rings. The Hall–Kier alpha value is -0.570. The molecule has 0 aliphatic heterocycles. The minimum atomic E-state index is -0.130. The maximum absolute atomic E-state index is 11.5. The van der Waals surface area contributed by atoms with Crippen molar-refractivity contribution in [1.82, 2.24) is 5.32 Å². The summed E-state index contributed by atoms with van der Waals surface area (Å²) < 4.78 is 0. The maximum atomic E-state index is 11.5. The third kappa shape index (κ3) is 1.70. The number of rotatable bonds is 2. The fourth-order valence-electron chi connectivity index (χ4n) is 5.54. The van der Waals surface area contributed by atoms with Gasteiger partial charge >= 0.3 is 0 Å². The van der Waals surface area contributed by atoms with Crippen molar-refractivity contribution in [2.75, 3.05) is 0 Å². The first kappa shape index (κ1) is 12.5. The van der Waals surface area contributed by atoms with Crippen LogP contribution in [0.4, 0.5) is 0 Å². The van der Waals surface area contributed by atoms with Crippen molar-refractivity contribution in [2.24, 2.45) is 23.0 Å². The van der Waals surface area contributed by atoms with Gasteiger partial charge in [0, 0.05) is 18.0 Å². The highest BCUT2D eigenvalue weighted by molar-refractivity contribution is 5.74. The van der Waals surface area contributed by atoms with Crippen LogP contribution < -0.4 is 11.1 Å². The van der Waals surface area contributed by atoms with E-state index in [4.69, 9.17) is 5.73 Å². The van der Waals surface area contributed by atoms with Crippen molar-refractivity contribution in [2.45, 2.75) is 70.4 Å². The normalized spacial score (nSPS) is 46.2. The van der Waals surface area contributed by atoms with Gasteiger partial charge in [0.05, 0.1) is 0 Å². The molecular formula is C15H26N2O. The Morgan fingerprint density at radius 3 is 2.22 bits per heavy atom. The highest BCUT2D eigenvalue weighted by Crippen LogP contribution is 2.64. The molecule has 4 aliphatic carbocycles. The van der Waals surface area contributed by atoms with Gasteiger partial charge in [-0.1, -0.05) is 0 Å². The number of amides is 1. The predicted octanol–water partition coefficient (Wildman–Crippen LogP) is 2.20. The molecule has 3 N–H and O–H groups in total. The quantitative estimate of drug-likeness (QED) is 0.789. The van der Waals surface area contributed by atoms with E-state index in [-0.39, 0.29) is 22.4 Å². The second-order valence-electron chi connectivity index (χ2n) is 7.92. The van der Waals surface area contributed by atoms with E-state index in [0.717, 1.165) is 18.3 Å². The van der Waals surface area contributed by atoms with E-state index in [1.807, 2.05) is 0 Å². The average Bonchev–Trinajstić information content (AvgIpc) is 2.10. The molecule has 4 fully saturated rings. The molecule has 0 radical (unpaired) electrons. The standard InChI is InChI=1S/C15H26N2O/c1-10(18)17-15-7-11-4-12(8-15)6-14(5-11,9-15)13(2,3)16/h11-12H,4-9,16H2,1-3H3,(H,17,18). The molecule has 18 heavy (non-hydrogen) atoms. The van der Waals surface area contributed by atoms with Gasteiger partial charge < -0.3 is 11.1 Å². The van der Waals surface area contributed by atoms with Crippen LogP contribution in [-0.2, 0) is 4.79 Å². The zero-order valence-electron chi connectivity index (χ0n) is 11.9. The highest BCUT2D eigenvalue weighted by atomic mass is 16.1. The number of hydrogen-bond acceptors (Lipinski definition) is 2. The molecule has 4 saturated carbocycles. The molecule has 102 valence electrons. The number of hydrogen-bond donors (Lipinski definition) is 2. The molecule has 0 aromatic carbocycles. The Bertz CT molecular complexity index is 368. The fraction of sp³-hybridized carbons (Fsp3) is 0.933. The monoisotopic (exact) mass is 250 g/mol. The van der Waals surface area contributed by atoms with E-state index >= 15 is 0 Å². The van der Waals surface area contributed by atoms with Crippen LogP contribution >= 0.6 is 0 Å². The summed E-state index contributed by atoms with van der Waals surface area (Å²) in [5, 5.41) is 3.29. The first-order chi connectivity index (χ1) is 8.24. The van der Waals surface area contributed by atoms with Gasteiger partial charge in [-0.3, -0.25) is 4.79 Å². The summed E-state index contributed by atoms with van der Waals surface area (Å²) in [4.78, 5) is 11.5. The van der Waals surface area contributed by atoms with Crippen molar-refractivity contribution >= 4 is 5.91 Å². The number of carbonyl (C=O) groups is 1. The summed E-state index contributed by atoms with van der Waals surface area (Å²) >= 11 is 0. The zero-order chi connectivity index (χ0) is 13.2. The van der Waals surface area contributed by atoms with Crippen molar-refractivity contribution in [3.63, 3.8) is 0 Å². The first-order valence-corrected chi connectivity index (χ1v) is 7.31. The molecule has 0 aromatic heterocycles. The fourth-order valence-corrected chi connectivity index (χ4v) is 5.54. The van der Waals surface area contributed by atoms with Crippen LogP contribution in [0.1, 0.15) is 59.3 Å². The van der Waals surface area contributed by atoms with Gasteiger partial charge in [0.1, 0.15) is 0 Å². The minimum absolute atomic E-state index is 0.0621. The maximum Gasteiger partial charge on any atom is 0.217 e. The van der Waals surface area contributed by atoms with Crippen LogP contribution in [0.15, 0.2) is 0 Å². The van der Waals surface area contributed by atoms with Gasteiger partial charge in [-0.25, -0.2) is 0 Å². The minimum Gasteiger partial charge on any atom is -0.351 e. The van der Waals surface area contributed by atoms with Gasteiger partial charge in [-0.2, -0.15) is 0 Å². The smallest absolute Gasteiger partial charge is 0.217 e. The van der Waals surface area contributed by atoms with E-state index < -0.39 is 0 Å². The van der Waals surface area contributed by atoms with Crippen molar-refractivity contribution in [3.8, 4) is 0 Å². The molecule has 3 heteroatoms. The van der Waals surface area contributed by atoms with Gasteiger partial charge in [-0.05, 0) is 69.6 Å². The van der Waals surface area contributed by atoms with E-state index in [0.29, 0.717) is 0 Å². The van der Waals surface area contributed by atoms with Crippen LogP contribution in [0.2, 0.25) is 0 Å². The lowest BCUT2D eigenvalue weighted by Gasteiger charge is -2.65. The third-order valence-corrected chi connectivity index (χ3v) is 5.87. The largest absolute Gasteiger partial charge is 0.351 e. The Morgan fingerprint density at radius 1 is 1.22 bits per heavy atom. The summed E-state index contributed by atoms with van der Waals surface area (Å²) in [5.74, 6) is 1.68. The summed E-state index contributed by atoms with van der Waals surface area (Å²) in [6.45, 7) is 6.02. The Balaban J connectivity index is 1.95. The second kappa shape index (κ2) is 3.50. The van der Waals surface area contributed by atoms with Crippen LogP contribution in [0.5, 0.6) is 0 Å². The summed E-state index contributed by atoms with van der Waals surface area (Å²) in [5.41, 5.74) is 6.69. The van der Waals surface area contributed by atoms with Gasteiger partial charge in [0.15, 0.2) is 0 Å². The topological polar surface area (TPSA) is 55.1 Å². The Kier molecular flexibility index (Phi) is 2.42. The van der Waals surface area contributed by atoms with E-state index in [2.05, 4.69) is 19.2 Å². The zero-order valence-corrected chi connectivity index (χ0v) is 11.9. The molecule has 3 nitrogen and oxygen atoms in total. The number of nitrogens with one attached hydrogen (secondary N) is 1. The van der Waals surface area contributed by atoms with Gasteiger partial charge in [-0.15, -0.1) is 0 Å². The molecular weight excluding hydrogens is 224 g/mol. The molecule has 0 aromatic rings. The molecule has 2 unspecified atom stereocenters. The van der Waals surface area contributed by atoms with Crippen molar-refractivity contribution < 1.29 is 4.79 Å². The average molecular weight is 250 g/mol. The summed E-state index contributed by atoms with van der Waals surface area (Å²) in [6, 6.07) is 0. The lowest BCUT2D eigenvalue weighted by atomic mass is 9.43. The van der Waals surface area contributed by atoms with Crippen LogP contribution in [0.3, 0.4) is 0 Å². The summed E-state index contributed by atoms with van der Waals surface area (Å²) in [6.07, 6.45) is 7.36. The molecule has 4 rings (SSSR count). The molecule has 0 saturated heterocycles.